The van der Waals surface area contributed by atoms with Crippen molar-refractivity contribution in [2.75, 3.05) is 26.3 Å². The van der Waals surface area contributed by atoms with Gasteiger partial charge in [0.2, 0.25) is 0 Å². The van der Waals surface area contributed by atoms with E-state index in [1.807, 2.05) is 36.4 Å². The fourth-order valence-electron chi connectivity index (χ4n) is 4.21. The Hall–Kier alpha value is -2.95. The largest absolute Gasteiger partial charge is 0.488 e. The van der Waals surface area contributed by atoms with Crippen LogP contribution in [0.4, 0.5) is 4.39 Å². The van der Waals surface area contributed by atoms with E-state index >= 15 is 0 Å². The van der Waals surface area contributed by atoms with Crippen molar-refractivity contribution in [2.45, 2.75) is 6.92 Å². The molecule has 4 aromatic carbocycles. The first-order valence-corrected chi connectivity index (χ1v) is 13.4. The Balaban J connectivity index is 0.000000336. The Morgan fingerprint density at radius 2 is 1.23 bits per heavy atom. The topological polar surface area (TPSA) is 111 Å². The third kappa shape index (κ3) is 9.04. The van der Waals surface area contributed by atoms with Gasteiger partial charge in [0.05, 0.1) is 5.02 Å². The van der Waals surface area contributed by atoms with Crippen molar-refractivity contribution in [2.24, 2.45) is 11.5 Å². The quantitative estimate of drug-likeness (QED) is 0.197. The van der Waals surface area contributed by atoms with Crippen LogP contribution in [0, 0.1) is 12.7 Å². The molecule has 0 saturated carbocycles. The van der Waals surface area contributed by atoms with E-state index in [2.05, 4.69) is 49.4 Å². The molecule has 11 heteroatoms. The van der Waals surface area contributed by atoms with Crippen molar-refractivity contribution in [3.63, 3.8) is 0 Å². The third-order valence-corrected chi connectivity index (χ3v) is 6.42. The molecule has 206 valence electrons. The molecule has 6 N–H and O–H groups in total. The molecule has 0 fully saturated rings. The second-order valence-corrected chi connectivity index (χ2v) is 9.47. The van der Waals surface area contributed by atoms with Gasteiger partial charge in [-0.15, -0.1) is 0 Å². The number of rotatable bonds is 11. The fraction of sp³-hybridized carbons (Fsp3) is 0.172. The normalized spacial score (nSPS) is 10.5. The average Bonchev–Trinajstić information content (AvgIpc) is 2.97. The van der Waals surface area contributed by atoms with E-state index in [0.717, 1.165) is 33.5 Å². The number of benzene rings is 4. The summed E-state index contributed by atoms with van der Waals surface area (Å²) >= 11 is 5.36. The van der Waals surface area contributed by atoms with Crippen LogP contribution in [0.2, 0.25) is 5.02 Å². The van der Waals surface area contributed by atoms with E-state index in [0.29, 0.717) is 26.3 Å². The molecule has 4 rings (SSSR count). The van der Waals surface area contributed by atoms with Gasteiger partial charge in [0.15, 0.2) is 0 Å². The van der Waals surface area contributed by atoms with Crippen LogP contribution in [0.1, 0.15) is 5.56 Å². The van der Waals surface area contributed by atoms with Gasteiger partial charge in [-0.2, -0.15) is 0 Å². The highest BCUT2D eigenvalue weighted by Gasteiger charge is 2.26. The summed E-state index contributed by atoms with van der Waals surface area (Å²) in [6.45, 7) is 3.82. The second-order valence-electron chi connectivity index (χ2n) is 9.06. The second kappa shape index (κ2) is 16.4. The number of hydrogen-bond donors (Lipinski definition) is 4. The molecule has 0 amide bonds. The van der Waals surface area contributed by atoms with Gasteiger partial charge in [0.1, 0.15) is 5.82 Å². The first-order chi connectivity index (χ1) is 19.3. The molecule has 6 nitrogen and oxygen atoms in total. The van der Waals surface area contributed by atoms with Crippen LogP contribution in [0.25, 0.3) is 0 Å². The predicted molar refractivity (Wildman–Crippen MR) is 165 cm³/mol. The molecule has 0 aromatic heterocycles. The summed E-state index contributed by atoms with van der Waals surface area (Å²) in [4.78, 5) is 0. The number of halogens is 2. The molecule has 0 atom stereocenters. The van der Waals surface area contributed by atoms with Crippen LogP contribution in [0.15, 0.2) is 97.1 Å². The summed E-state index contributed by atoms with van der Waals surface area (Å²) in [5.74, 6) is -0.573. The van der Waals surface area contributed by atoms with Gasteiger partial charge in [-0.1, -0.05) is 102 Å². The third-order valence-electron chi connectivity index (χ3n) is 6.13. The van der Waals surface area contributed by atoms with E-state index in [9.17, 15) is 4.39 Å². The molecule has 4 aromatic rings. The molecule has 0 aliphatic carbocycles. The minimum atomic E-state index is -1.60. The van der Waals surface area contributed by atoms with Gasteiger partial charge in [-0.3, -0.25) is 0 Å². The van der Waals surface area contributed by atoms with E-state index < -0.39 is 12.9 Å². The molecule has 0 saturated heterocycles. The minimum Gasteiger partial charge on any atom is -0.426 e. The van der Waals surface area contributed by atoms with Crippen molar-refractivity contribution in [3.05, 3.63) is 113 Å². The Bertz CT molecular complexity index is 1320. The van der Waals surface area contributed by atoms with Crippen molar-refractivity contribution >= 4 is 59.9 Å². The molecule has 40 heavy (non-hydrogen) atoms. The van der Waals surface area contributed by atoms with Gasteiger partial charge in [-0.25, -0.2) is 4.39 Å². The van der Waals surface area contributed by atoms with Gasteiger partial charge in [0, 0.05) is 26.3 Å². The van der Waals surface area contributed by atoms with Gasteiger partial charge < -0.3 is 30.8 Å². The molecule has 0 bridgehead atoms. The first kappa shape index (κ1) is 31.6. The number of hydrogen-bond acceptors (Lipinski definition) is 6. The monoisotopic (exact) mass is 560 g/mol. The molecule has 0 aliphatic heterocycles. The van der Waals surface area contributed by atoms with E-state index in [-0.39, 0.29) is 24.3 Å². The van der Waals surface area contributed by atoms with Crippen molar-refractivity contribution in [3.8, 4) is 0 Å². The van der Waals surface area contributed by atoms with Crippen LogP contribution < -0.4 is 38.8 Å². The van der Waals surface area contributed by atoms with Crippen LogP contribution in [-0.2, 0) is 9.31 Å². The molecular weight excluding hydrogens is 527 g/mol. The summed E-state index contributed by atoms with van der Waals surface area (Å²) in [7, 11) is -1.60. The highest BCUT2D eigenvalue weighted by Crippen LogP contribution is 2.10. The number of aryl methyl sites for hydroxylation is 1. The van der Waals surface area contributed by atoms with E-state index in [1.165, 1.54) is 12.1 Å². The van der Waals surface area contributed by atoms with Crippen LogP contribution in [0.3, 0.4) is 0 Å². The summed E-state index contributed by atoms with van der Waals surface area (Å²) in [6, 6.07) is 30.4. The Morgan fingerprint density at radius 1 is 0.700 bits per heavy atom. The maximum absolute atomic E-state index is 12.5. The highest BCUT2D eigenvalue weighted by molar-refractivity contribution is 6.82. The summed E-state index contributed by atoms with van der Waals surface area (Å²) in [5, 5.41) is 17.1. The standard InChI is InChI=1S/C23H28B2N2O2.C6H5BClFO2/c1-19-18-22(24(28-16-14-26)20-8-4-2-5-9-20)12-13-23(19)25(29-17-15-27)21-10-6-3-7-11-21;8-5-3-4(7(10)11)1-2-6(5)9/h2-13,18H,14-17,26-27H2,1H3;1-3,10-11H. The van der Waals surface area contributed by atoms with E-state index in [4.69, 9.17) is 42.4 Å². The van der Waals surface area contributed by atoms with E-state index in [1.54, 1.807) is 0 Å². The van der Waals surface area contributed by atoms with Crippen molar-refractivity contribution < 1.29 is 23.7 Å². The van der Waals surface area contributed by atoms with Crippen molar-refractivity contribution in [1.82, 2.24) is 0 Å². The van der Waals surface area contributed by atoms with Crippen LogP contribution >= 0.6 is 11.6 Å². The smallest absolute Gasteiger partial charge is 0.426 e. The molecule has 0 unspecified atom stereocenters. The SMILES string of the molecule is Cc1cc(B(OCCN)c2ccccc2)ccc1B(OCCN)c1ccccc1.OB(O)c1ccc(F)c(Cl)c1. The average molecular weight is 560 g/mol. The van der Waals surface area contributed by atoms with Crippen LogP contribution in [-0.4, -0.2) is 57.3 Å². The molecule has 0 spiro atoms. The zero-order valence-electron chi connectivity index (χ0n) is 22.4. The lowest BCUT2D eigenvalue weighted by Gasteiger charge is -2.20. The van der Waals surface area contributed by atoms with Gasteiger partial charge in [0.25, 0.3) is 0 Å². The van der Waals surface area contributed by atoms with Gasteiger partial charge >= 0.3 is 20.9 Å². The maximum Gasteiger partial charge on any atom is 0.488 e. The lowest BCUT2D eigenvalue weighted by molar-refractivity contribution is 0.344. The minimum absolute atomic E-state index is 0.115. The lowest BCUT2D eigenvalue weighted by atomic mass is 9.51. The Kier molecular flexibility index (Phi) is 12.9. The maximum atomic E-state index is 12.5. The molecular formula is C29H33B3ClFN2O4. The zero-order valence-corrected chi connectivity index (χ0v) is 23.2. The molecule has 0 heterocycles. The fourth-order valence-corrected chi connectivity index (χ4v) is 4.40. The summed E-state index contributed by atoms with van der Waals surface area (Å²) < 4.78 is 24.7. The Morgan fingerprint density at radius 3 is 1.73 bits per heavy atom. The zero-order chi connectivity index (χ0) is 28.9. The van der Waals surface area contributed by atoms with Crippen molar-refractivity contribution in [1.29, 1.82) is 0 Å². The predicted octanol–water partition coefficient (Wildman–Crippen LogP) is 0.316. The molecule has 0 aliphatic rings. The lowest BCUT2D eigenvalue weighted by Crippen LogP contribution is -2.50. The summed E-state index contributed by atoms with van der Waals surface area (Å²) in [5.41, 5.74) is 17.2. The highest BCUT2D eigenvalue weighted by atomic mass is 35.5. The molecule has 0 radical (unpaired) electrons. The van der Waals surface area contributed by atoms with Crippen LogP contribution in [0.5, 0.6) is 0 Å². The summed E-state index contributed by atoms with van der Waals surface area (Å²) in [6.07, 6.45) is 0. The van der Waals surface area contributed by atoms with Gasteiger partial charge in [-0.05, 0) is 46.4 Å². The first-order valence-electron chi connectivity index (χ1n) is 13.0. The Labute approximate surface area is 241 Å². The number of nitrogens with two attached hydrogens (primary N) is 2.